The largest absolute Gasteiger partial charge is 0.461 e. The minimum atomic E-state index is -5.78. The number of carbonyl (C=O) groups is 1. The van der Waals surface area contributed by atoms with Gasteiger partial charge in [-0.05, 0) is 18.8 Å². The molecule has 0 heterocycles. The second-order valence-electron chi connectivity index (χ2n) is 4.50. The maximum absolute atomic E-state index is 12.9. The van der Waals surface area contributed by atoms with Crippen LogP contribution >= 0.6 is 0 Å². The number of carbonyl (C=O) groups excluding carboxylic acids is 1. The highest BCUT2D eigenvalue weighted by Crippen LogP contribution is 2.43. The van der Waals surface area contributed by atoms with Crippen molar-refractivity contribution in [2.75, 3.05) is 0 Å². The highest BCUT2D eigenvalue weighted by molar-refractivity contribution is 5.89. The van der Waals surface area contributed by atoms with Gasteiger partial charge >= 0.3 is 12.1 Å². The van der Waals surface area contributed by atoms with Gasteiger partial charge < -0.3 is 0 Å². The van der Waals surface area contributed by atoms with Gasteiger partial charge in [0.05, 0.1) is 0 Å². The molecule has 1 aliphatic rings. The summed E-state index contributed by atoms with van der Waals surface area (Å²) in [5, 5.41) is 0. The summed E-state index contributed by atoms with van der Waals surface area (Å²) in [6.45, 7) is 1.71. The summed E-state index contributed by atoms with van der Waals surface area (Å²) >= 11 is 0. The predicted molar refractivity (Wildman–Crippen MR) is 51.7 cm³/mol. The molecule has 1 nitrogen and oxygen atoms in total. The lowest BCUT2D eigenvalue weighted by Gasteiger charge is -2.32. The van der Waals surface area contributed by atoms with Crippen LogP contribution in [0.15, 0.2) is 0 Å². The first-order valence-corrected chi connectivity index (χ1v) is 5.70. The van der Waals surface area contributed by atoms with E-state index in [2.05, 4.69) is 0 Å². The Balaban J connectivity index is 2.87. The number of halogens is 5. The van der Waals surface area contributed by atoms with Gasteiger partial charge in [0.25, 0.3) is 0 Å². The van der Waals surface area contributed by atoms with Crippen molar-refractivity contribution in [3.63, 3.8) is 0 Å². The van der Waals surface area contributed by atoms with Gasteiger partial charge in [0.2, 0.25) is 5.78 Å². The van der Waals surface area contributed by atoms with Crippen molar-refractivity contribution in [1.82, 2.24) is 0 Å². The van der Waals surface area contributed by atoms with Gasteiger partial charge in [0.1, 0.15) is 0 Å². The van der Waals surface area contributed by atoms with Crippen LogP contribution < -0.4 is 0 Å². The summed E-state index contributed by atoms with van der Waals surface area (Å²) in [5.74, 6) is -8.64. The third-order valence-electron chi connectivity index (χ3n) is 3.44. The highest BCUT2D eigenvalue weighted by Gasteiger charge is 2.64. The van der Waals surface area contributed by atoms with Crippen LogP contribution in [0.4, 0.5) is 22.0 Å². The van der Waals surface area contributed by atoms with Crippen LogP contribution in [0.2, 0.25) is 0 Å². The minimum absolute atomic E-state index is 0.142. The van der Waals surface area contributed by atoms with Gasteiger partial charge in [0, 0.05) is 5.92 Å². The van der Waals surface area contributed by atoms with Crippen molar-refractivity contribution in [2.45, 2.75) is 51.1 Å². The Bertz CT molecular complexity index is 284. The summed E-state index contributed by atoms with van der Waals surface area (Å²) in [4.78, 5) is 11.4. The first-order valence-electron chi connectivity index (χ1n) is 5.70. The second kappa shape index (κ2) is 4.90. The van der Waals surface area contributed by atoms with E-state index in [1.807, 2.05) is 0 Å². The third kappa shape index (κ3) is 2.77. The van der Waals surface area contributed by atoms with Crippen molar-refractivity contribution < 1.29 is 26.7 Å². The van der Waals surface area contributed by atoms with Crippen LogP contribution in [0.25, 0.3) is 0 Å². The molecule has 0 bridgehead atoms. The lowest BCUT2D eigenvalue weighted by atomic mass is 9.74. The van der Waals surface area contributed by atoms with Crippen molar-refractivity contribution in [2.24, 2.45) is 11.8 Å². The molecular formula is C11H15F5O. The van der Waals surface area contributed by atoms with E-state index in [1.54, 1.807) is 6.92 Å². The topological polar surface area (TPSA) is 17.1 Å². The summed E-state index contributed by atoms with van der Waals surface area (Å²) in [6, 6.07) is 0. The lowest BCUT2D eigenvalue weighted by molar-refractivity contribution is -0.271. The zero-order valence-electron chi connectivity index (χ0n) is 9.49. The summed E-state index contributed by atoms with van der Waals surface area (Å²) in [7, 11) is 0. The van der Waals surface area contributed by atoms with Gasteiger partial charge in [-0.3, -0.25) is 4.79 Å². The van der Waals surface area contributed by atoms with Crippen molar-refractivity contribution in [1.29, 1.82) is 0 Å². The highest BCUT2D eigenvalue weighted by atomic mass is 19.4. The van der Waals surface area contributed by atoms with Crippen molar-refractivity contribution in [3.05, 3.63) is 0 Å². The molecule has 6 heteroatoms. The van der Waals surface area contributed by atoms with E-state index in [1.165, 1.54) is 0 Å². The molecule has 0 aromatic heterocycles. The Labute approximate surface area is 96.4 Å². The molecule has 1 fully saturated rings. The van der Waals surface area contributed by atoms with E-state index in [4.69, 9.17) is 0 Å². The van der Waals surface area contributed by atoms with Crippen LogP contribution in [0.3, 0.4) is 0 Å². The van der Waals surface area contributed by atoms with Gasteiger partial charge in [-0.15, -0.1) is 0 Å². The predicted octanol–water partition coefficient (Wildman–Crippen LogP) is 3.97. The first kappa shape index (κ1) is 14.4. The molecular weight excluding hydrogens is 243 g/mol. The Morgan fingerprint density at radius 3 is 2.12 bits per heavy atom. The Morgan fingerprint density at radius 2 is 1.65 bits per heavy atom. The van der Waals surface area contributed by atoms with Crippen LogP contribution in [0, 0.1) is 11.8 Å². The molecule has 1 rings (SSSR count). The SMILES string of the molecule is CCC1CCCCC1C(=O)C(F)(F)C(F)(F)F. The lowest BCUT2D eigenvalue weighted by Crippen LogP contribution is -2.49. The summed E-state index contributed by atoms with van der Waals surface area (Å²) < 4.78 is 62.2. The van der Waals surface area contributed by atoms with Gasteiger partial charge in [-0.1, -0.05) is 26.2 Å². The average molecular weight is 258 g/mol. The number of alkyl halides is 5. The fourth-order valence-corrected chi connectivity index (χ4v) is 2.41. The quantitative estimate of drug-likeness (QED) is 0.700. The monoisotopic (exact) mass is 258 g/mol. The zero-order chi connectivity index (χ0) is 13.3. The average Bonchev–Trinajstić information content (AvgIpc) is 2.26. The Morgan fingerprint density at radius 1 is 1.12 bits per heavy atom. The Hall–Kier alpha value is -0.680. The molecule has 1 saturated carbocycles. The van der Waals surface area contributed by atoms with Crippen LogP contribution in [0.5, 0.6) is 0 Å². The number of Topliss-reactive ketones (excluding diaryl/α,β-unsaturated/α-hetero) is 1. The van der Waals surface area contributed by atoms with Crippen LogP contribution in [-0.2, 0) is 4.79 Å². The number of ketones is 1. The third-order valence-corrected chi connectivity index (χ3v) is 3.44. The van der Waals surface area contributed by atoms with E-state index in [-0.39, 0.29) is 12.3 Å². The molecule has 0 saturated heterocycles. The fourth-order valence-electron chi connectivity index (χ4n) is 2.41. The molecule has 1 aliphatic carbocycles. The van der Waals surface area contributed by atoms with E-state index < -0.39 is 23.8 Å². The molecule has 0 radical (unpaired) electrons. The van der Waals surface area contributed by atoms with Crippen LogP contribution in [-0.4, -0.2) is 17.9 Å². The number of hydrogen-bond acceptors (Lipinski definition) is 1. The molecule has 0 aromatic carbocycles. The van der Waals surface area contributed by atoms with E-state index in [0.29, 0.717) is 19.3 Å². The zero-order valence-corrected chi connectivity index (χ0v) is 9.49. The minimum Gasteiger partial charge on any atom is -0.292 e. The van der Waals surface area contributed by atoms with E-state index in [0.717, 1.165) is 6.42 Å². The fraction of sp³-hybridized carbons (Fsp3) is 0.909. The van der Waals surface area contributed by atoms with Gasteiger partial charge in [0.15, 0.2) is 0 Å². The van der Waals surface area contributed by atoms with E-state index >= 15 is 0 Å². The number of rotatable bonds is 3. The molecule has 17 heavy (non-hydrogen) atoms. The first-order chi connectivity index (χ1) is 7.71. The molecule has 0 N–H and O–H groups in total. The van der Waals surface area contributed by atoms with Crippen LogP contribution in [0.1, 0.15) is 39.0 Å². The standard InChI is InChI=1S/C11H15F5O/c1-2-7-5-3-4-6-8(7)9(17)10(12,13)11(14,15)16/h7-8H,2-6H2,1H3. The maximum Gasteiger partial charge on any atom is 0.461 e. The second-order valence-corrected chi connectivity index (χ2v) is 4.50. The van der Waals surface area contributed by atoms with E-state index in [9.17, 15) is 26.7 Å². The molecule has 0 amide bonds. The summed E-state index contributed by atoms with van der Waals surface area (Å²) in [5.41, 5.74) is 0. The molecule has 2 atom stereocenters. The van der Waals surface area contributed by atoms with Gasteiger partial charge in [-0.25, -0.2) is 0 Å². The smallest absolute Gasteiger partial charge is 0.292 e. The maximum atomic E-state index is 12.9. The van der Waals surface area contributed by atoms with Crippen molar-refractivity contribution >= 4 is 5.78 Å². The normalized spacial score (nSPS) is 26.9. The van der Waals surface area contributed by atoms with Crippen molar-refractivity contribution in [3.8, 4) is 0 Å². The molecule has 0 spiro atoms. The Kier molecular flexibility index (Phi) is 4.15. The van der Waals surface area contributed by atoms with Gasteiger partial charge in [-0.2, -0.15) is 22.0 Å². The molecule has 0 aromatic rings. The molecule has 0 aliphatic heterocycles. The summed E-state index contributed by atoms with van der Waals surface area (Å²) in [6.07, 6.45) is -3.28. The molecule has 2 unspecified atom stereocenters. The molecule has 100 valence electrons. The number of hydrogen-bond donors (Lipinski definition) is 0.